The van der Waals surface area contributed by atoms with E-state index >= 15 is 0 Å². The van der Waals surface area contributed by atoms with Crippen molar-refractivity contribution in [3.05, 3.63) is 235 Å². The monoisotopic (exact) mass is 2170 g/mol. The highest BCUT2D eigenvalue weighted by molar-refractivity contribution is 9.12. The van der Waals surface area contributed by atoms with E-state index in [0.29, 0.717) is 95.4 Å². The van der Waals surface area contributed by atoms with Gasteiger partial charge in [0.15, 0.2) is 50.7 Å². The fourth-order valence-corrected chi connectivity index (χ4v) is 20.7. The average molecular weight is 2180 g/mol. The number of nitriles is 1. The maximum absolute atomic E-state index is 12.8. The number of hydrogen-bond donors (Lipinski definition) is 3. The van der Waals surface area contributed by atoms with Gasteiger partial charge in [-0.2, -0.15) is 10.3 Å². The van der Waals surface area contributed by atoms with Crippen LogP contribution in [0.2, 0.25) is 39.3 Å². The van der Waals surface area contributed by atoms with E-state index in [0.717, 1.165) is 174 Å². The van der Waals surface area contributed by atoms with Crippen molar-refractivity contribution >= 4 is 119 Å². The molecule has 10 atom stereocenters. The summed E-state index contributed by atoms with van der Waals surface area (Å²) in [7, 11) is 2.35. The fraction of sp³-hybridized carbons (Fsp3) is 0.491. The predicted molar refractivity (Wildman–Crippen MR) is 590 cm³/mol. The third kappa shape index (κ3) is 34.5. The second kappa shape index (κ2) is 53.0. The van der Waals surface area contributed by atoms with Crippen LogP contribution in [0.3, 0.4) is 0 Å². The predicted octanol–water partition coefficient (Wildman–Crippen LogP) is 26.6. The van der Waals surface area contributed by atoms with E-state index in [1.165, 1.54) is 31.5 Å². The normalized spacial score (nSPS) is 23.9. The Kier molecular flexibility index (Phi) is 43.2. The molecular weight excluding hydrogens is 2030 g/mol. The van der Waals surface area contributed by atoms with Crippen molar-refractivity contribution < 1.29 is 76.6 Å². The number of hydroxylamine groups is 3. The number of nitrogens with one attached hydrogen (secondary N) is 1. The standard InChI is InChI=1S/C25H28N4O3.C24H23N3O2.C23H23NO3.C16H19BrO3.C8H6BrO2.C8H16O2.C7H18N2Si2.C2H6.CH5NO.ClH/c1-24(2)14-18(10-11-30-24)22-15-25(28-23(26)29(4)32-25)20-13-17(8-9-21(20)31-22)16-6-5-7-19(12-16)27-3;1-24(2)14-18(9-10-28-24)23-13-21(27-15-25)20-12-17(7-8-22(20)29-23)16-5-4-6-19(11-16)26-3;1-23(2)14-17(9-10-26-23)22-13-20(25)19-12-16(7-8-21(19)27-22)15-5-4-6-18(11-15)24-3;1-16(2)9-10(5-6-19-16)15-8-13(18)12-7-11(17)3-4-14(12)20-15;1-5(10)7-4-6(9)2-3-8(7)11;1-8(2)6-7(9-3)4-5-10-8;1-10(2,3)8-7-9-11(4,5)6;1-2;1-2-3;/h5-9,12-13,18,22H,10-11,14-15H2,1-2,4H3,(H2,26,28);4-8,11-12,18,23H,9-10,13-14H2,1-2H3;4-8,11-12,17,22H,9-10,13-14H2,1-2H3;3-4,7,10,15H,5-6,8-9H2,1-2H3;2-4H,1H3;7H,4-6H2,1-3H3;1-6H3;1-2H3;2-3H,1H3;1H/q;;;;+1;;;;;. The van der Waals surface area contributed by atoms with Crippen LogP contribution >= 0.6 is 44.3 Å². The van der Waals surface area contributed by atoms with E-state index < -0.39 is 22.2 Å². The Hall–Kier alpha value is -10.6. The van der Waals surface area contributed by atoms with Gasteiger partial charge >= 0.3 is 0 Å². The van der Waals surface area contributed by atoms with Gasteiger partial charge < -0.3 is 58.3 Å². The molecule has 5 saturated heterocycles. The Bertz CT molecular complexity index is 6100. The van der Waals surface area contributed by atoms with E-state index in [2.05, 4.69) is 181 Å². The Balaban J connectivity index is 0.000000195. The van der Waals surface area contributed by atoms with Crippen molar-refractivity contribution in [2.45, 2.75) is 283 Å². The number of guanidine groups is 1. The molecule has 0 saturated carbocycles. The molecule has 0 radical (unpaired) electrons. The number of aliphatic imine (C=N–C) groups is 2. The molecule has 10 unspecified atom stereocenters. The molecule has 5 fully saturated rings. The van der Waals surface area contributed by atoms with Gasteiger partial charge in [-0.1, -0.05) is 103 Å². The molecule has 10 aliphatic heterocycles. The lowest BCUT2D eigenvalue weighted by Gasteiger charge is -2.44. The van der Waals surface area contributed by atoms with Crippen LogP contribution in [0.1, 0.15) is 212 Å². The molecule has 0 amide bonds. The lowest BCUT2D eigenvalue weighted by atomic mass is 9.79. The number of hydrogen-bond acceptors (Lipinski definition) is 24. The Labute approximate surface area is 888 Å². The number of benzene rings is 7. The van der Waals surface area contributed by atoms with Gasteiger partial charge in [0, 0.05) is 143 Å². The lowest BCUT2D eigenvalue weighted by molar-refractivity contribution is -0.198. The third-order valence-corrected chi connectivity index (χ3v) is 28.6. The summed E-state index contributed by atoms with van der Waals surface area (Å²) < 4.78 is 69.6. The van der Waals surface area contributed by atoms with Gasteiger partial charge in [-0.3, -0.25) is 28.5 Å². The molecule has 10 heterocycles. The van der Waals surface area contributed by atoms with Crippen LogP contribution in [0.4, 0.5) is 17.1 Å². The Morgan fingerprint density at radius 3 is 1.29 bits per heavy atom. The van der Waals surface area contributed by atoms with Gasteiger partial charge in [-0.15, -0.1) is 12.4 Å². The van der Waals surface area contributed by atoms with Crippen molar-refractivity contribution in [1.29, 1.82) is 5.26 Å². The minimum atomic E-state index is -1.31. The zero-order valence-corrected chi connectivity index (χ0v) is 94.5. The summed E-state index contributed by atoms with van der Waals surface area (Å²) >= 11 is 6.57. The van der Waals surface area contributed by atoms with Crippen molar-refractivity contribution in [2.24, 2.45) is 48.7 Å². The quantitative estimate of drug-likeness (QED) is 0.0270. The van der Waals surface area contributed by atoms with Crippen LogP contribution in [0.15, 0.2) is 192 Å². The maximum Gasteiger partial charge on any atom is 0.296 e. The zero-order valence-electron chi connectivity index (χ0n) is 88.6. The molecule has 7 aromatic carbocycles. The van der Waals surface area contributed by atoms with Crippen LogP contribution in [-0.4, -0.2) is 180 Å². The minimum absolute atomic E-state index is 0. The molecule has 27 nitrogen and oxygen atoms in total. The van der Waals surface area contributed by atoms with Crippen LogP contribution in [0, 0.1) is 61.3 Å². The number of fused-ring (bicyclic) bond motifs is 5. The second-order valence-electron chi connectivity index (χ2n) is 42.5. The van der Waals surface area contributed by atoms with Crippen molar-refractivity contribution in [3.63, 3.8) is 0 Å². The molecule has 11 aliphatic rings. The van der Waals surface area contributed by atoms with E-state index in [1.807, 2.05) is 141 Å². The highest BCUT2D eigenvalue weighted by Crippen LogP contribution is 2.52. The number of ketones is 4. The molecule has 0 aromatic heterocycles. The largest absolute Gasteiger partial charge is 0.489 e. The molecule has 0 bridgehead atoms. The first kappa shape index (κ1) is 119. The average Bonchev–Trinajstić information content (AvgIpc) is 1.71. The van der Waals surface area contributed by atoms with E-state index in [9.17, 15) is 24.4 Å². The first-order chi connectivity index (χ1) is 68.5. The Morgan fingerprint density at radius 2 is 0.911 bits per heavy atom. The lowest BCUT2D eigenvalue weighted by Crippen LogP contribution is -2.46. The highest BCUT2D eigenvalue weighted by atomic mass is 79.9. The van der Waals surface area contributed by atoms with Gasteiger partial charge in [0.2, 0.25) is 23.7 Å². The van der Waals surface area contributed by atoms with E-state index in [4.69, 9.17) is 87.9 Å². The number of carbonyl (C=O) groups is 4. The second-order valence-corrected chi connectivity index (χ2v) is 53.5. The molecular formula is C114H145Br2ClN11O16Si2+. The first-order valence-corrected chi connectivity index (χ1v) is 58.4. The SMILES string of the molecule is CC.CC(=O)C1=CC(Br)=C[CH+]C1=O.CC1(C)CC(C2CC(=O)c3cc(Br)ccc3O2)CCO1.CNO.COC1CCOC(C)(C)C1.C[Si](C)(C)N=C=N[Si](C)(C)C.Cl.[C-]#[N+]c1cccc(-c2ccc3c(c2)C(=NC#N)CC(C2CCOC(C)(C)C2)O3)c1.[C-]#[N+]c1cccc(-c2ccc3c(c2)C(=O)CC(C2CCOC(C)(C)C2)O3)c1.[C-]#[N+]c1cccc(-c2ccc3c(c2)C2(CC(C4CCOC(C)(C)C4)O3)N=C(N)N(C)O2)c1. The number of halogens is 3. The fourth-order valence-electron chi connectivity index (χ4n) is 19.2. The topological polar surface area (TPSA) is 318 Å². The summed E-state index contributed by atoms with van der Waals surface area (Å²) in [5.74, 6) is 4.60. The highest BCUT2D eigenvalue weighted by Gasteiger charge is 2.52. The number of allylic oxidation sites excluding steroid dienone is 4. The third-order valence-electron chi connectivity index (χ3n) is 26.1. The summed E-state index contributed by atoms with van der Waals surface area (Å²) in [5, 5.41) is 18.1. The van der Waals surface area contributed by atoms with Gasteiger partial charge in [0.05, 0.1) is 101 Å². The smallest absolute Gasteiger partial charge is 0.296 e. The van der Waals surface area contributed by atoms with Gasteiger partial charge in [-0.25, -0.2) is 34.9 Å². The van der Waals surface area contributed by atoms with Crippen molar-refractivity contribution in [3.8, 4) is 62.6 Å². The number of carbonyl (C=O) groups excluding carboxylic acids is 4. The molecule has 4 N–H and O–H groups in total. The first-order valence-electron chi connectivity index (χ1n) is 49.9. The summed E-state index contributed by atoms with van der Waals surface area (Å²) in [6, 6.07) is 48.8. The molecule has 146 heavy (non-hydrogen) atoms. The number of ether oxygens (including phenoxy) is 10. The van der Waals surface area contributed by atoms with E-state index in [-0.39, 0.29) is 93.5 Å². The zero-order chi connectivity index (χ0) is 106. The van der Waals surface area contributed by atoms with Crippen LogP contribution in [-0.2, 0) is 48.6 Å². The van der Waals surface area contributed by atoms with Gasteiger partial charge in [0.25, 0.3) is 5.78 Å². The number of Topliss-reactive ketones (excluding diaryl/α,β-unsaturated/α-hetero) is 4. The molecule has 780 valence electrons. The van der Waals surface area contributed by atoms with Gasteiger partial charge in [-0.05, 0) is 272 Å². The summed E-state index contributed by atoms with van der Waals surface area (Å²) in [6.45, 7) is 65.1. The number of nitrogens with two attached hydrogens (primary N) is 1. The van der Waals surface area contributed by atoms with Gasteiger partial charge in [0.1, 0.15) is 51.9 Å². The van der Waals surface area contributed by atoms with Crippen molar-refractivity contribution in [2.75, 3.05) is 54.2 Å². The maximum atomic E-state index is 12.8. The molecule has 1 spiro atoms. The summed E-state index contributed by atoms with van der Waals surface area (Å²) in [5.41, 5.74) is 18.0. The Morgan fingerprint density at radius 1 is 0.541 bits per heavy atom. The summed E-state index contributed by atoms with van der Waals surface area (Å²) in [4.78, 5) is 72.7. The van der Waals surface area contributed by atoms with Crippen molar-refractivity contribution in [1.82, 2.24) is 10.5 Å². The molecule has 32 heteroatoms. The molecule has 7 aromatic rings. The summed E-state index contributed by atoms with van der Waals surface area (Å²) in [6.07, 6.45) is 18.4. The van der Waals surface area contributed by atoms with E-state index in [1.54, 1.807) is 43.9 Å². The van der Waals surface area contributed by atoms with Crippen LogP contribution < -0.4 is 30.2 Å². The van der Waals surface area contributed by atoms with Crippen LogP contribution in [0.25, 0.3) is 47.9 Å². The molecule has 18 rings (SSSR count). The van der Waals surface area contributed by atoms with Crippen LogP contribution in [0.5, 0.6) is 23.0 Å². The molecule has 1 aliphatic carbocycles. The number of rotatable bonds is 11. The minimum Gasteiger partial charge on any atom is -0.489 e. The number of methoxy groups -OCH3 is 1. The number of nitrogens with zero attached hydrogens (tertiary/aromatic N) is 9.